The van der Waals surface area contributed by atoms with E-state index in [1.54, 1.807) is 7.11 Å². The number of anilines is 1. The number of benzene rings is 1. The van der Waals surface area contributed by atoms with Gasteiger partial charge in [-0.05, 0) is 25.0 Å². The molecule has 0 aliphatic carbocycles. The highest BCUT2D eigenvalue weighted by Gasteiger charge is 2.27. The molecule has 1 aliphatic heterocycles. The van der Waals surface area contributed by atoms with Crippen molar-refractivity contribution >= 4 is 5.69 Å². The van der Waals surface area contributed by atoms with Gasteiger partial charge in [-0.15, -0.1) is 0 Å². The Morgan fingerprint density at radius 2 is 2.26 bits per heavy atom. The van der Waals surface area contributed by atoms with Crippen molar-refractivity contribution in [3.8, 4) is 5.75 Å². The quantitative estimate of drug-likeness (QED) is 0.905. The van der Waals surface area contributed by atoms with E-state index in [1.807, 2.05) is 6.07 Å². The van der Waals surface area contributed by atoms with Crippen LogP contribution in [0.15, 0.2) is 18.2 Å². The van der Waals surface area contributed by atoms with E-state index in [-0.39, 0.29) is 6.10 Å². The minimum Gasteiger partial charge on any atom is -0.497 e. The molecular formula is C15H24N2O2. The molecule has 0 spiro atoms. The first-order valence-corrected chi connectivity index (χ1v) is 6.94. The molecule has 19 heavy (non-hydrogen) atoms. The van der Waals surface area contributed by atoms with Crippen LogP contribution in [0.3, 0.4) is 0 Å². The number of ether oxygens (including phenoxy) is 2. The van der Waals surface area contributed by atoms with Crippen LogP contribution in [0.25, 0.3) is 0 Å². The Morgan fingerprint density at radius 1 is 1.47 bits per heavy atom. The van der Waals surface area contributed by atoms with Crippen molar-refractivity contribution < 1.29 is 9.47 Å². The fraction of sp³-hybridized carbons (Fsp3) is 0.600. The predicted octanol–water partition coefficient (Wildman–Crippen LogP) is 2.16. The Bertz CT molecular complexity index is 423. The third kappa shape index (κ3) is 3.01. The molecule has 0 amide bonds. The van der Waals surface area contributed by atoms with Gasteiger partial charge < -0.3 is 20.1 Å². The molecule has 1 aromatic rings. The van der Waals surface area contributed by atoms with Crippen molar-refractivity contribution in [1.82, 2.24) is 0 Å². The van der Waals surface area contributed by atoms with Gasteiger partial charge in [-0.1, -0.05) is 13.0 Å². The van der Waals surface area contributed by atoms with Gasteiger partial charge in [0.1, 0.15) is 5.75 Å². The molecule has 2 rings (SSSR count). The summed E-state index contributed by atoms with van der Waals surface area (Å²) in [6.07, 6.45) is 1.31. The van der Waals surface area contributed by atoms with E-state index in [0.717, 1.165) is 30.9 Å². The molecule has 0 saturated carbocycles. The summed E-state index contributed by atoms with van der Waals surface area (Å²) < 4.78 is 11.1. The van der Waals surface area contributed by atoms with Gasteiger partial charge in [0.15, 0.2) is 0 Å². The summed E-state index contributed by atoms with van der Waals surface area (Å²) in [6, 6.07) is 6.52. The second-order valence-electron chi connectivity index (χ2n) is 5.06. The van der Waals surface area contributed by atoms with Crippen LogP contribution in [-0.4, -0.2) is 32.4 Å². The Morgan fingerprint density at radius 3 is 2.89 bits per heavy atom. The highest BCUT2D eigenvalue weighted by Crippen LogP contribution is 2.30. The number of rotatable bonds is 4. The molecule has 1 heterocycles. The average molecular weight is 264 g/mol. The van der Waals surface area contributed by atoms with Gasteiger partial charge in [0, 0.05) is 24.8 Å². The standard InChI is InChI=1S/C15H24N2O2/c1-4-13-10-19-11(2)9-17(13)15-7-14(18-3)6-5-12(15)8-16/h5-7,11,13H,4,8-10,16H2,1-3H3. The van der Waals surface area contributed by atoms with E-state index < -0.39 is 0 Å². The number of hydrogen-bond acceptors (Lipinski definition) is 4. The first-order valence-electron chi connectivity index (χ1n) is 6.94. The van der Waals surface area contributed by atoms with Crippen molar-refractivity contribution in [3.05, 3.63) is 23.8 Å². The van der Waals surface area contributed by atoms with Crippen molar-refractivity contribution in [1.29, 1.82) is 0 Å². The van der Waals surface area contributed by atoms with Gasteiger partial charge in [0.05, 0.1) is 25.9 Å². The maximum Gasteiger partial charge on any atom is 0.120 e. The second kappa shape index (κ2) is 6.26. The molecule has 0 aromatic heterocycles. The van der Waals surface area contributed by atoms with Gasteiger partial charge >= 0.3 is 0 Å². The lowest BCUT2D eigenvalue weighted by molar-refractivity contribution is 0.0299. The van der Waals surface area contributed by atoms with Crippen LogP contribution in [0, 0.1) is 0 Å². The Kier molecular flexibility index (Phi) is 4.66. The van der Waals surface area contributed by atoms with Crippen LogP contribution < -0.4 is 15.4 Å². The predicted molar refractivity (Wildman–Crippen MR) is 77.7 cm³/mol. The summed E-state index contributed by atoms with van der Waals surface area (Å²) in [5, 5.41) is 0. The molecule has 2 unspecified atom stereocenters. The van der Waals surface area contributed by atoms with Crippen LogP contribution in [0.2, 0.25) is 0 Å². The van der Waals surface area contributed by atoms with Gasteiger partial charge in [-0.2, -0.15) is 0 Å². The highest BCUT2D eigenvalue weighted by molar-refractivity contribution is 5.58. The molecule has 4 nitrogen and oxygen atoms in total. The van der Waals surface area contributed by atoms with Crippen LogP contribution in [0.5, 0.6) is 5.75 Å². The smallest absolute Gasteiger partial charge is 0.120 e. The monoisotopic (exact) mass is 264 g/mol. The van der Waals surface area contributed by atoms with Crippen LogP contribution in [0.4, 0.5) is 5.69 Å². The zero-order valence-electron chi connectivity index (χ0n) is 12.1. The molecule has 1 aliphatic rings. The summed E-state index contributed by atoms with van der Waals surface area (Å²) in [5.74, 6) is 0.876. The van der Waals surface area contributed by atoms with E-state index in [2.05, 4.69) is 30.9 Å². The molecule has 106 valence electrons. The molecule has 0 bridgehead atoms. The number of methoxy groups -OCH3 is 1. The molecule has 0 radical (unpaired) electrons. The molecular weight excluding hydrogens is 240 g/mol. The lowest BCUT2D eigenvalue weighted by atomic mass is 10.1. The number of nitrogens with two attached hydrogens (primary N) is 1. The Balaban J connectivity index is 2.36. The fourth-order valence-electron chi connectivity index (χ4n) is 2.59. The fourth-order valence-corrected chi connectivity index (χ4v) is 2.59. The molecule has 1 aromatic carbocycles. The summed E-state index contributed by atoms with van der Waals surface area (Å²) in [7, 11) is 1.69. The summed E-state index contributed by atoms with van der Waals surface area (Å²) in [5.41, 5.74) is 8.22. The second-order valence-corrected chi connectivity index (χ2v) is 5.06. The maximum atomic E-state index is 5.87. The lowest BCUT2D eigenvalue weighted by Gasteiger charge is -2.41. The van der Waals surface area contributed by atoms with Gasteiger partial charge in [0.25, 0.3) is 0 Å². The van der Waals surface area contributed by atoms with E-state index in [1.165, 1.54) is 5.69 Å². The molecule has 2 N–H and O–H groups in total. The zero-order chi connectivity index (χ0) is 13.8. The Hall–Kier alpha value is -1.26. The van der Waals surface area contributed by atoms with Crippen LogP contribution >= 0.6 is 0 Å². The minimum absolute atomic E-state index is 0.250. The minimum atomic E-state index is 0.250. The summed E-state index contributed by atoms with van der Waals surface area (Å²) in [4.78, 5) is 2.42. The van der Waals surface area contributed by atoms with E-state index in [4.69, 9.17) is 15.2 Å². The van der Waals surface area contributed by atoms with Gasteiger partial charge in [0.2, 0.25) is 0 Å². The molecule has 4 heteroatoms. The normalized spacial score (nSPS) is 23.5. The van der Waals surface area contributed by atoms with E-state index >= 15 is 0 Å². The van der Waals surface area contributed by atoms with Gasteiger partial charge in [-0.25, -0.2) is 0 Å². The third-order valence-corrected chi connectivity index (χ3v) is 3.76. The van der Waals surface area contributed by atoms with Gasteiger partial charge in [-0.3, -0.25) is 0 Å². The average Bonchev–Trinajstić information content (AvgIpc) is 2.46. The molecule has 2 atom stereocenters. The van der Waals surface area contributed by atoms with Crippen molar-refractivity contribution in [2.45, 2.75) is 39.0 Å². The number of nitrogens with zero attached hydrogens (tertiary/aromatic N) is 1. The first-order chi connectivity index (χ1) is 9.19. The largest absolute Gasteiger partial charge is 0.497 e. The zero-order valence-corrected chi connectivity index (χ0v) is 12.1. The molecule has 1 fully saturated rings. The molecule has 1 saturated heterocycles. The lowest BCUT2D eigenvalue weighted by Crippen LogP contribution is -2.49. The maximum absolute atomic E-state index is 5.87. The van der Waals surface area contributed by atoms with Crippen LogP contribution in [-0.2, 0) is 11.3 Å². The summed E-state index contributed by atoms with van der Waals surface area (Å²) in [6.45, 7) is 6.53. The topological polar surface area (TPSA) is 47.7 Å². The highest BCUT2D eigenvalue weighted by atomic mass is 16.5. The first kappa shape index (κ1) is 14.2. The van der Waals surface area contributed by atoms with Crippen molar-refractivity contribution in [2.75, 3.05) is 25.2 Å². The summed E-state index contributed by atoms with van der Waals surface area (Å²) >= 11 is 0. The van der Waals surface area contributed by atoms with E-state index in [9.17, 15) is 0 Å². The third-order valence-electron chi connectivity index (χ3n) is 3.76. The van der Waals surface area contributed by atoms with Crippen molar-refractivity contribution in [3.63, 3.8) is 0 Å². The number of hydrogen-bond donors (Lipinski definition) is 1. The van der Waals surface area contributed by atoms with Crippen LogP contribution in [0.1, 0.15) is 25.8 Å². The number of morpholine rings is 1. The SMILES string of the molecule is CCC1COC(C)CN1c1cc(OC)ccc1CN. The van der Waals surface area contributed by atoms with E-state index in [0.29, 0.717) is 12.6 Å². The Labute approximate surface area is 115 Å². The van der Waals surface area contributed by atoms with Crippen molar-refractivity contribution in [2.24, 2.45) is 5.73 Å².